The van der Waals surface area contributed by atoms with E-state index in [4.69, 9.17) is 0 Å². The maximum atomic E-state index is 11.4. The number of amides is 2. The molecule has 13 heavy (non-hydrogen) atoms. The molecular weight excluding hydrogens is 186 g/mol. The van der Waals surface area contributed by atoms with Gasteiger partial charge in [-0.05, 0) is 6.92 Å². The number of imide groups is 1. The summed E-state index contributed by atoms with van der Waals surface area (Å²) < 4.78 is -0.577. The van der Waals surface area contributed by atoms with Crippen molar-refractivity contribution in [3.8, 4) is 0 Å². The Morgan fingerprint density at radius 3 is 2.23 bits per heavy atom. The third-order valence-electron chi connectivity index (χ3n) is 1.76. The molecule has 1 saturated heterocycles. The first-order valence-corrected chi connectivity index (χ1v) is 5.09. The largest absolute Gasteiger partial charge is 0.295 e. The van der Waals surface area contributed by atoms with E-state index in [1.54, 1.807) is 11.8 Å². The quantitative estimate of drug-likeness (QED) is 0.651. The van der Waals surface area contributed by atoms with Crippen LogP contribution in [0.15, 0.2) is 0 Å². The van der Waals surface area contributed by atoms with Gasteiger partial charge in [-0.3, -0.25) is 14.9 Å². The summed E-state index contributed by atoms with van der Waals surface area (Å²) in [5.41, 5.74) is 0. The molecule has 1 unspecified atom stereocenters. The summed E-state index contributed by atoms with van der Waals surface area (Å²) in [7, 11) is 0. The minimum Gasteiger partial charge on any atom is -0.295 e. The Bertz CT molecular complexity index is 257. The number of hydrogen-bond acceptors (Lipinski definition) is 3. The van der Waals surface area contributed by atoms with Crippen LogP contribution in [0, 0.1) is 0 Å². The SMILES string of the molecule is CC(C)(C)SC1(C)CC(=O)NC1=O. The van der Waals surface area contributed by atoms with Crippen molar-refractivity contribution in [2.45, 2.75) is 43.6 Å². The maximum Gasteiger partial charge on any atom is 0.243 e. The van der Waals surface area contributed by atoms with Crippen LogP contribution < -0.4 is 5.32 Å². The van der Waals surface area contributed by atoms with Crippen molar-refractivity contribution >= 4 is 23.6 Å². The van der Waals surface area contributed by atoms with Crippen molar-refractivity contribution in [1.82, 2.24) is 5.32 Å². The van der Waals surface area contributed by atoms with Crippen LogP contribution >= 0.6 is 11.8 Å². The minimum atomic E-state index is -0.574. The lowest BCUT2D eigenvalue weighted by atomic mass is 10.1. The monoisotopic (exact) mass is 201 g/mol. The lowest BCUT2D eigenvalue weighted by Gasteiger charge is -2.28. The number of nitrogens with one attached hydrogen (secondary N) is 1. The summed E-state index contributed by atoms with van der Waals surface area (Å²) >= 11 is 1.55. The zero-order chi connectivity index (χ0) is 10.3. The van der Waals surface area contributed by atoms with E-state index in [1.807, 2.05) is 27.7 Å². The Balaban J connectivity index is 2.77. The normalized spacial score (nSPS) is 29.2. The molecule has 0 bridgehead atoms. The van der Waals surface area contributed by atoms with Gasteiger partial charge in [0.15, 0.2) is 0 Å². The summed E-state index contributed by atoms with van der Waals surface area (Å²) in [6, 6.07) is 0. The van der Waals surface area contributed by atoms with Crippen molar-refractivity contribution in [1.29, 1.82) is 0 Å². The Morgan fingerprint density at radius 1 is 1.38 bits per heavy atom. The van der Waals surface area contributed by atoms with Crippen LogP contribution in [0.1, 0.15) is 34.1 Å². The summed E-state index contributed by atoms with van der Waals surface area (Å²) in [5, 5.41) is 2.33. The van der Waals surface area contributed by atoms with Gasteiger partial charge in [-0.2, -0.15) is 0 Å². The van der Waals surface area contributed by atoms with Crippen molar-refractivity contribution in [2.75, 3.05) is 0 Å². The average molecular weight is 201 g/mol. The molecule has 0 aromatic carbocycles. The fraction of sp³-hybridized carbons (Fsp3) is 0.778. The van der Waals surface area contributed by atoms with Crippen molar-refractivity contribution < 1.29 is 9.59 Å². The van der Waals surface area contributed by atoms with Crippen LogP contribution in [0.2, 0.25) is 0 Å². The zero-order valence-corrected chi connectivity index (χ0v) is 9.25. The van der Waals surface area contributed by atoms with Gasteiger partial charge in [-0.25, -0.2) is 0 Å². The van der Waals surface area contributed by atoms with Crippen molar-refractivity contribution in [2.24, 2.45) is 0 Å². The summed E-state index contributed by atoms with van der Waals surface area (Å²) in [6.45, 7) is 7.94. The molecule has 1 N–H and O–H groups in total. The van der Waals surface area contributed by atoms with Gasteiger partial charge in [0.2, 0.25) is 11.8 Å². The average Bonchev–Trinajstić information content (AvgIpc) is 2.00. The fourth-order valence-electron chi connectivity index (χ4n) is 1.45. The lowest BCUT2D eigenvalue weighted by molar-refractivity contribution is -0.125. The molecule has 1 heterocycles. The molecule has 3 nitrogen and oxygen atoms in total. The second kappa shape index (κ2) is 3.01. The van der Waals surface area contributed by atoms with E-state index in [9.17, 15) is 9.59 Å². The highest BCUT2D eigenvalue weighted by atomic mass is 32.2. The molecule has 0 aliphatic carbocycles. The van der Waals surface area contributed by atoms with E-state index in [1.165, 1.54) is 0 Å². The van der Waals surface area contributed by atoms with Gasteiger partial charge in [0.05, 0.1) is 6.42 Å². The number of thioether (sulfide) groups is 1. The molecule has 1 aliphatic heterocycles. The van der Waals surface area contributed by atoms with Gasteiger partial charge in [-0.1, -0.05) is 20.8 Å². The van der Waals surface area contributed by atoms with Crippen LogP contribution in [-0.4, -0.2) is 21.3 Å². The molecule has 0 spiro atoms. The van der Waals surface area contributed by atoms with Crippen LogP contribution in [0.4, 0.5) is 0 Å². The Morgan fingerprint density at radius 2 is 1.92 bits per heavy atom. The third kappa shape index (κ3) is 2.46. The Labute approximate surface area is 82.6 Å². The van der Waals surface area contributed by atoms with E-state index in [0.29, 0.717) is 6.42 Å². The molecule has 1 rings (SSSR count). The molecule has 1 atom stereocenters. The van der Waals surface area contributed by atoms with Gasteiger partial charge in [0.25, 0.3) is 0 Å². The second-order valence-corrected chi connectivity index (χ2v) is 6.83. The molecule has 0 aromatic rings. The lowest BCUT2D eigenvalue weighted by Crippen LogP contribution is -2.35. The van der Waals surface area contributed by atoms with Crippen LogP contribution in [0.3, 0.4) is 0 Å². The van der Waals surface area contributed by atoms with E-state index in [-0.39, 0.29) is 16.6 Å². The van der Waals surface area contributed by atoms with Gasteiger partial charge >= 0.3 is 0 Å². The number of carbonyl (C=O) groups is 2. The first-order chi connectivity index (χ1) is 5.73. The molecular formula is C9H15NO2S. The van der Waals surface area contributed by atoms with E-state index < -0.39 is 4.75 Å². The molecule has 0 aromatic heterocycles. The standard InChI is InChI=1S/C9H15NO2S/c1-8(2,3)13-9(4)5-6(11)10-7(9)12/h5H2,1-4H3,(H,10,11,12). The third-order valence-corrected chi connectivity index (χ3v) is 3.16. The number of carbonyl (C=O) groups excluding carboxylic acids is 2. The smallest absolute Gasteiger partial charge is 0.243 e. The maximum absolute atomic E-state index is 11.4. The van der Waals surface area contributed by atoms with E-state index in [0.717, 1.165) is 0 Å². The van der Waals surface area contributed by atoms with Crippen LogP contribution in [-0.2, 0) is 9.59 Å². The zero-order valence-electron chi connectivity index (χ0n) is 8.43. The number of hydrogen-bond donors (Lipinski definition) is 1. The highest BCUT2D eigenvalue weighted by Gasteiger charge is 2.45. The topological polar surface area (TPSA) is 46.2 Å². The van der Waals surface area contributed by atoms with Crippen LogP contribution in [0.5, 0.6) is 0 Å². The summed E-state index contributed by atoms with van der Waals surface area (Å²) in [5.74, 6) is -0.318. The van der Waals surface area contributed by atoms with Gasteiger partial charge in [0, 0.05) is 4.75 Å². The highest BCUT2D eigenvalue weighted by Crippen LogP contribution is 2.40. The molecule has 1 fully saturated rings. The number of rotatable bonds is 1. The van der Waals surface area contributed by atoms with E-state index in [2.05, 4.69) is 5.32 Å². The van der Waals surface area contributed by atoms with Gasteiger partial charge < -0.3 is 0 Å². The first-order valence-electron chi connectivity index (χ1n) is 4.27. The predicted molar refractivity (Wildman–Crippen MR) is 53.5 cm³/mol. The summed E-state index contributed by atoms with van der Waals surface area (Å²) in [6.07, 6.45) is 0.299. The molecule has 2 amide bonds. The molecule has 4 heteroatoms. The van der Waals surface area contributed by atoms with Gasteiger partial charge in [-0.15, -0.1) is 11.8 Å². The molecule has 0 radical (unpaired) electrons. The fourth-order valence-corrected chi connectivity index (χ4v) is 3.15. The summed E-state index contributed by atoms with van der Waals surface area (Å²) in [4.78, 5) is 22.4. The Hall–Kier alpha value is -0.510. The highest BCUT2D eigenvalue weighted by molar-refractivity contribution is 8.02. The first kappa shape index (κ1) is 10.6. The Kier molecular flexibility index (Phi) is 2.45. The molecule has 74 valence electrons. The second-order valence-electron chi connectivity index (χ2n) is 4.50. The molecule has 1 aliphatic rings. The van der Waals surface area contributed by atoms with Gasteiger partial charge in [0.1, 0.15) is 4.75 Å². The van der Waals surface area contributed by atoms with Crippen molar-refractivity contribution in [3.05, 3.63) is 0 Å². The predicted octanol–water partition coefficient (Wildman–Crippen LogP) is 1.32. The van der Waals surface area contributed by atoms with E-state index >= 15 is 0 Å². The van der Waals surface area contributed by atoms with Crippen LogP contribution in [0.25, 0.3) is 0 Å². The van der Waals surface area contributed by atoms with Crippen molar-refractivity contribution in [3.63, 3.8) is 0 Å². The minimum absolute atomic E-state index is 0.00326. The molecule has 0 saturated carbocycles.